The highest BCUT2D eigenvalue weighted by Gasteiger charge is 2.35. The molecule has 0 atom stereocenters. The van der Waals surface area contributed by atoms with E-state index in [0.29, 0.717) is 11.3 Å². The fourth-order valence-electron chi connectivity index (χ4n) is 1.97. The smallest absolute Gasteiger partial charge is 0.102 e. The van der Waals surface area contributed by atoms with Gasteiger partial charge < -0.3 is 5.73 Å². The molecule has 1 aliphatic rings. The van der Waals surface area contributed by atoms with Crippen molar-refractivity contribution >= 4 is 5.57 Å². The van der Waals surface area contributed by atoms with E-state index in [1.807, 2.05) is 38.1 Å². The van der Waals surface area contributed by atoms with Crippen molar-refractivity contribution in [3.05, 3.63) is 41.1 Å². The van der Waals surface area contributed by atoms with E-state index in [1.54, 1.807) is 0 Å². The largest absolute Gasteiger partial charge is 0.400 e. The van der Waals surface area contributed by atoms with E-state index in [2.05, 4.69) is 6.07 Å². The zero-order valence-corrected chi connectivity index (χ0v) is 8.33. The lowest BCUT2D eigenvalue weighted by Crippen LogP contribution is -2.22. The second-order valence-electron chi connectivity index (χ2n) is 4.07. The highest BCUT2D eigenvalue weighted by atomic mass is 14.7. The van der Waals surface area contributed by atoms with Crippen molar-refractivity contribution in [1.29, 1.82) is 5.26 Å². The van der Waals surface area contributed by atoms with Gasteiger partial charge in [-0.2, -0.15) is 5.26 Å². The van der Waals surface area contributed by atoms with Crippen LogP contribution in [0.3, 0.4) is 0 Å². The maximum absolute atomic E-state index is 9.03. The number of nitrogens with zero attached hydrogens (tertiary/aromatic N) is 1. The first-order valence-corrected chi connectivity index (χ1v) is 4.59. The number of allylic oxidation sites excluding steroid dienone is 2. The standard InChI is InChI=1S/C12H12N2/c1-12(2)10-6-4-3-5-8(10)9(7-13)11(12)14/h3-6H,14H2,1-2H3. The summed E-state index contributed by atoms with van der Waals surface area (Å²) >= 11 is 0. The van der Waals surface area contributed by atoms with Crippen molar-refractivity contribution in [3.63, 3.8) is 0 Å². The molecule has 0 aromatic heterocycles. The molecular weight excluding hydrogens is 172 g/mol. The Labute approximate surface area is 83.7 Å². The summed E-state index contributed by atoms with van der Waals surface area (Å²) in [5.41, 5.74) is 9.21. The van der Waals surface area contributed by atoms with Crippen LogP contribution in [-0.4, -0.2) is 0 Å². The van der Waals surface area contributed by atoms with Crippen molar-refractivity contribution in [3.8, 4) is 6.07 Å². The molecule has 0 heterocycles. The minimum Gasteiger partial charge on any atom is -0.400 e. The van der Waals surface area contributed by atoms with Crippen LogP contribution in [0.5, 0.6) is 0 Å². The molecule has 1 aromatic rings. The third kappa shape index (κ3) is 0.898. The molecule has 0 unspecified atom stereocenters. The average molecular weight is 184 g/mol. The van der Waals surface area contributed by atoms with E-state index < -0.39 is 0 Å². The van der Waals surface area contributed by atoms with E-state index in [1.165, 1.54) is 0 Å². The molecule has 1 aromatic carbocycles. The number of hydrogen-bond donors (Lipinski definition) is 1. The molecule has 0 fully saturated rings. The van der Waals surface area contributed by atoms with E-state index in [-0.39, 0.29) is 5.41 Å². The van der Waals surface area contributed by atoms with Crippen LogP contribution in [-0.2, 0) is 5.41 Å². The van der Waals surface area contributed by atoms with Gasteiger partial charge >= 0.3 is 0 Å². The van der Waals surface area contributed by atoms with E-state index in [0.717, 1.165) is 11.1 Å². The molecule has 2 N–H and O–H groups in total. The minimum atomic E-state index is -0.207. The normalized spacial score (nSPS) is 17.8. The summed E-state index contributed by atoms with van der Waals surface area (Å²) < 4.78 is 0. The lowest BCUT2D eigenvalue weighted by Gasteiger charge is -2.21. The second kappa shape index (κ2) is 2.62. The van der Waals surface area contributed by atoms with E-state index in [9.17, 15) is 0 Å². The minimum absolute atomic E-state index is 0.207. The maximum atomic E-state index is 9.03. The van der Waals surface area contributed by atoms with Crippen LogP contribution in [0.2, 0.25) is 0 Å². The summed E-state index contributed by atoms with van der Waals surface area (Å²) in [4.78, 5) is 0. The van der Waals surface area contributed by atoms with Crippen molar-refractivity contribution < 1.29 is 0 Å². The quantitative estimate of drug-likeness (QED) is 0.671. The Hall–Kier alpha value is -1.75. The van der Waals surface area contributed by atoms with Crippen molar-refractivity contribution in [2.75, 3.05) is 0 Å². The lowest BCUT2D eigenvalue weighted by molar-refractivity contribution is 0.631. The monoisotopic (exact) mass is 184 g/mol. The van der Waals surface area contributed by atoms with Crippen LogP contribution in [0.1, 0.15) is 25.0 Å². The summed E-state index contributed by atoms with van der Waals surface area (Å²) in [6, 6.07) is 10.1. The highest BCUT2D eigenvalue weighted by molar-refractivity contribution is 5.87. The molecule has 0 bridgehead atoms. The van der Waals surface area contributed by atoms with Gasteiger partial charge in [0.05, 0.1) is 5.57 Å². The third-order valence-corrected chi connectivity index (χ3v) is 2.92. The third-order valence-electron chi connectivity index (χ3n) is 2.92. The Morgan fingerprint density at radius 3 is 2.57 bits per heavy atom. The van der Waals surface area contributed by atoms with Gasteiger partial charge in [0.1, 0.15) is 6.07 Å². The van der Waals surface area contributed by atoms with Crippen molar-refractivity contribution in [2.45, 2.75) is 19.3 Å². The van der Waals surface area contributed by atoms with Gasteiger partial charge in [-0.3, -0.25) is 0 Å². The molecule has 0 saturated carbocycles. The summed E-state index contributed by atoms with van der Waals surface area (Å²) in [6.45, 7) is 4.09. The Morgan fingerprint density at radius 1 is 1.29 bits per heavy atom. The second-order valence-corrected chi connectivity index (χ2v) is 4.07. The molecule has 0 amide bonds. The number of fused-ring (bicyclic) bond motifs is 1. The molecule has 70 valence electrons. The lowest BCUT2D eigenvalue weighted by atomic mass is 9.85. The first-order chi connectivity index (χ1) is 6.59. The number of nitrogens with two attached hydrogens (primary N) is 1. The number of hydrogen-bond acceptors (Lipinski definition) is 2. The van der Waals surface area contributed by atoms with Crippen LogP contribution in [0.15, 0.2) is 30.0 Å². The zero-order chi connectivity index (χ0) is 10.3. The van der Waals surface area contributed by atoms with Crippen LogP contribution >= 0.6 is 0 Å². The number of benzene rings is 1. The van der Waals surface area contributed by atoms with Gasteiger partial charge in [-0.1, -0.05) is 38.1 Å². The van der Waals surface area contributed by atoms with Crippen LogP contribution < -0.4 is 5.73 Å². The average Bonchev–Trinajstić information content (AvgIpc) is 2.37. The van der Waals surface area contributed by atoms with Gasteiger partial charge in [-0.05, 0) is 11.1 Å². The first kappa shape index (κ1) is 8.83. The summed E-state index contributed by atoms with van der Waals surface area (Å²) in [6.07, 6.45) is 0. The summed E-state index contributed by atoms with van der Waals surface area (Å²) in [5, 5.41) is 9.03. The van der Waals surface area contributed by atoms with Gasteiger partial charge in [-0.25, -0.2) is 0 Å². The van der Waals surface area contributed by atoms with Gasteiger partial charge in [0.25, 0.3) is 0 Å². The summed E-state index contributed by atoms with van der Waals surface area (Å²) in [7, 11) is 0. The Morgan fingerprint density at radius 2 is 1.93 bits per heavy atom. The van der Waals surface area contributed by atoms with Gasteiger partial charge in [0, 0.05) is 11.1 Å². The molecule has 0 radical (unpaired) electrons. The molecule has 1 aliphatic carbocycles. The van der Waals surface area contributed by atoms with Gasteiger partial charge in [0.15, 0.2) is 0 Å². The van der Waals surface area contributed by atoms with Crippen molar-refractivity contribution in [1.82, 2.24) is 0 Å². The maximum Gasteiger partial charge on any atom is 0.102 e. The number of nitriles is 1. The van der Waals surface area contributed by atoms with Crippen molar-refractivity contribution in [2.24, 2.45) is 5.73 Å². The SMILES string of the molecule is CC1(C)C(N)=C(C#N)c2ccccc21. The predicted octanol–water partition coefficient (Wildman–Crippen LogP) is 2.17. The predicted molar refractivity (Wildman–Crippen MR) is 56.2 cm³/mol. The summed E-state index contributed by atoms with van der Waals surface area (Å²) in [5.74, 6) is 0. The highest BCUT2D eigenvalue weighted by Crippen LogP contribution is 2.42. The number of rotatable bonds is 0. The van der Waals surface area contributed by atoms with Gasteiger partial charge in [-0.15, -0.1) is 0 Å². The van der Waals surface area contributed by atoms with Gasteiger partial charge in [0.2, 0.25) is 0 Å². The molecule has 2 nitrogen and oxygen atoms in total. The molecule has 2 rings (SSSR count). The van der Waals surface area contributed by atoms with Crippen LogP contribution in [0, 0.1) is 11.3 Å². The van der Waals surface area contributed by atoms with Crippen LogP contribution in [0.4, 0.5) is 0 Å². The molecule has 14 heavy (non-hydrogen) atoms. The van der Waals surface area contributed by atoms with Crippen LogP contribution in [0.25, 0.3) is 5.57 Å². The molecular formula is C12H12N2. The Bertz CT molecular complexity index is 461. The Kier molecular flexibility index (Phi) is 1.65. The zero-order valence-electron chi connectivity index (χ0n) is 8.33. The molecule has 2 heteroatoms. The Balaban J connectivity index is 2.78. The molecule has 0 saturated heterocycles. The topological polar surface area (TPSA) is 49.8 Å². The molecule has 0 aliphatic heterocycles. The fraction of sp³-hybridized carbons (Fsp3) is 0.250. The fourth-order valence-corrected chi connectivity index (χ4v) is 1.97. The molecule has 0 spiro atoms. The van der Waals surface area contributed by atoms with E-state index >= 15 is 0 Å². The van der Waals surface area contributed by atoms with E-state index in [4.69, 9.17) is 11.0 Å². The first-order valence-electron chi connectivity index (χ1n) is 4.59.